The first-order chi connectivity index (χ1) is 11.9. The summed E-state index contributed by atoms with van der Waals surface area (Å²) < 4.78 is 18.9. The summed E-state index contributed by atoms with van der Waals surface area (Å²) in [5.74, 6) is -0.349. The zero-order valence-corrected chi connectivity index (χ0v) is 14.7. The Balaban J connectivity index is 2.07. The number of hydrogen-bond donors (Lipinski definition) is 1. The highest BCUT2D eigenvalue weighted by atomic mass is 35.5. The molecule has 1 N–H and O–H groups in total. The summed E-state index contributed by atoms with van der Waals surface area (Å²) in [6, 6.07) is 9.19. The van der Waals surface area contributed by atoms with Crippen molar-refractivity contribution >= 4 is 34.1 Å². The number of nitrogens with zero attached hydrogens (tertiary/aromatic N) is 1. The van der Waals surface area contributed by atoms with Gasteiger partial charge in [0, 0.05) is 22.2 Å². The van der Waals surface area contributed by atoms with Gasteiger partial charge in [-0.15, -0.1) is 0 Å². The van der Waals surface area contributed by atoms with Crippen LogP contribution in [0, 0.1) is 19.7 Å². The second-order valence-electron chi connectivity index (χ2n) is 5.73. The lowest BCUT2D eigenvalue weighted by Gasteiger charge is -2.13. The van der Waals surface area contributed by atoms with E-state index < -0.39 is 5.82 Å². The van der Waals surface area contributed by atoms with Crippen molar-refractivity contribution in [2.45, 2.75) is 13.8 Å². The molecular formula is C19H16ClFN2O2. The molecule has 0 spiro atoms. The molecule has 25 heavy (non-hydrogen) atoms. The van der Waals surface area contributed by atoms with Crippen molar-refractivity contribution in [3.8, 4) is 5.75 Å². The van der Waals surface area contributed by atoms with Crippen molar-refractivity contribution in [1.82, 2.24) is 4.98 Å². The maximum atomic E-state index is 13.6. The fourth-order valence-electron chi connectivity index (χ4n) is 2.64. The molecule has 0 unspecified atom stereocenters. The minimum atomic E-state index is -0.424. The maximum absolute atomic E-state index is 13.6. The number of carbonyl (C=O) groups excluding carboxylic acids is 1. The van der Waals surface area contributed by atoms with E-state index in [0.717, 1.165) is 5.56 Å². The minimum absolute atomic E-state index is 0.344. The molecule has 3 aromatic rings. The van der Waals surface area contributed by atoms with Gasteiger partial charge in [0.15, 0.2) is 0 Å². The van der Waals surface area contributed by atoms with E-state index in [-0.39, 0.29) is 5.91 Å². The number of ether oxygens (including phenoxy) is 1. The lowest BCUT2D eigenvalue weighted by molar-refractivity contribution is 0.102. The molecule has 3 rings (SSSR count). The number of anilines is 1. The quantitative estimate of drug-likeness (QED) is 0.724. The zero-order valence-electron chi connectivity index (χ0n) is 14.0. The summed E-state index contributed by atoms with van der Waals surface area (Å²) in [7, 11) is 1.50. The van der Waals surface area contributed by atoms with Crippen molar-refractivity contribution < 1.29 is 13.9 Å². The van der Waals surface area contributed by atoms with Crippen LogP contribution in [0.2, 0.25) is 5.02 Å². The average Bonchev–Trinajstić information content (AvgIpc) is 2.57. The standard InChI is InChI=1S/C19H16ClFN2O2/c1-10-6-17(18(25-3)9-15(10)20)23-19(24)14-7-11(2)22-16-5-4-12(21)8-13(14)16/h4-9H,1-3H3,(H,23,24). The molecule has 0 aliphatic rings. The van der Waals surface area contributed by atoms with Crippen molar-refractivity contribution in [2.75, 3.05) is 12.4 Å². The van der Waals surface area contributed by atoms with E-state index >= 15 is 0 Å². The summed E-state index contributed by atoms with van der Waals surface area (Å²) in [6.45, 7) is 3.62. The normalized spacial score (nSPS) is 10.8. The number of methoxy groups -OCH3 is 1. The van der Waals surface area contributed by atoms with Crippen molar-refractivity contribution in [1.29, 1.82) is 0 Å². The Bertz CT molecular complexity index is 989. The topological polar surface area (TPSA) is 51.2 Å². The Morgan fingerprint density at radius 1 is 1.20 bits per heavy atom. The number of halogens is 2. The first-order valence-corrected chi connectivity index (χ1v) is 7.99. The van der Waals surface area contributed by atoms with Gasteiger partial charge in [-0.2, -0.15) is 0 Å². The fraction of sp³-hybridized carbons (Fsp3) is 0.158. The Morgan fingerprint density at radius 3 is 2.68 bits per heavy atom. The van der Waals surface area contributed by atoms with Gasteiger partial charge in [0.05, 0.1) is 23.9 Å². The van der Waals surface area contributed by atoms with E-state index in [4.69, 9.17) is 16.3 Å². The van der Waals surface area contributed by atoms with E-state index in [2.05, 4.69) is 10.3 Å². The first kappa shape index (κ1) is 17.2. The molecule has 1 amide bonds. The molecule has 6 heteroatoms. The molecule has 0 fully saturated rings. The Morgan fingerprint density at radius 2 is 1.96 bits per heavy atom. The van der Waals surface area contributed by atoms with E-state index in [1.54, 1.807) is 31.2 Å². The number of rotatable bonds is 3. The summed E-state index contributed by atoms with van der Waals surface area (Å²) in [5, 5.41) is 3.81. The third-order valence-electron chi connectivity index (χ3n) is 3.87. The monoisotopic (exact) mass is 358 g/mol. The van der Waals surface area contributed by atoms with Crippen LogP contribution in [0.4, 0.5) is 10.1 Å². The van der Waals surface area contributed by atoms with Crippen molar-refractivity contribution in [3.63, 3.8) is 0 Å². The summed E-state index contributed by atoms with van der Waals surface area (Å²) in [6.07, 6.45) is 0. The highest BCUT2D eigenvalue weighted by molar-refractivity contribution is 6.31. The first-order valence-electron chi connectivity index (χ1n) is 7.61. The second kappa shape index (κ2) is 6.69. The van der Waals surface area contributed by atoms with Gasteiger partial charge in [-0.1, -0.05) is 11.6 Å². The fourth-order valence-corrected chi connectivity index (χ4v) is 2.79. The van der Waals surface area contributed by atoms with Gasteiger partial charge in [0.25, 0.3) is 5.91 Å². The molecule has 1 aromatic heterocycles. The van der Waals surface area contributed by atoms with Crippen LogP contribution < -0.4 is 10.1 Å². The van der Waals surface area contributed by atoms with Gasteiger partial charge in [-0.25, -0.2) is 4.39 Å². The van der Waals surface area contributed by atoms with Crippen LogP contribution in [0.3, 0.4) is 0 Å². The molecule has 0 bridgehead atoms. The lowest BCUT2D eigenvalue weighted by Crippen LogP contribution is -2.14. The summed E-state index contributed by atoms with van der Waals surface area (Å²) in [4.78, 5) is 17.1. The van der Waals surface area contributed by atoms with E-state index in [1.165, 1.54) is 19.2 Å². The number of aromatic nitrogens is 1. The van der Waals surface area contributed by atoms with E-state index in [9.17, 15) is 9.18 Å². The van der Waals surface area contributed by atoms with Gasteiger partial charge in [0.2, 0.25) is 0 Å². The molecule has 0 saturated heterocycles. The summed E-state index contributed by atoms with van der Waals surface area (Å²) in [5.41, 5.74) is 2.87. The van der Waals surface area contributed by atoms with Crippen LogP contribution in [-0.4, -0.2) is 18.0 Å². The van der Waals surface area contributed by atoms with Crippen molar-refractivity contribution in [3.05, 3.63) is 64.1 Å². The predicted octanol–water partition coefficient (Wildman–Crippen LogP) is 4.91. The van der Waals surface area contributed by atoms with Crippen LogP contribution in [-0.2, 0) is 0 Å². The molecule has 128 valence electrons. The Kier molecular flexibility index (Phi) is 4.59. The molecule has 1 heterocycles. The SMILES string of the molecule is COc1cc(Cl)c(C)cc1NC(=O)c1cc(C)nc2ccc(F)cc12. The largest absolute Gasteiger partial charge is 0.495 e. The number of amides is 1. The number of aryl methyl sites for hydroxylation is 2. The molecule has 2 aromatic carbocycles. The number of fused-ring (bicyclic) bond motifs is 1. The van der Waals surface area contributed by atoms with Gasteiger partial charge in [-0.05, 0) is 49.7 Å². The van der Waals surface area contributed by atoms with Crippen LogP contribution in [0.5, 0.6) is 5.75 Å². The molecule has 0 aliphatic carbocycles. The van der Waals surface area contributed by atoms with Crippen LogP contribution >= 0.6 is 11.6 Å². The third-order valence-corrected chi connectivity index (χ3v) is 4.28. The molecule has 0 aliphatic heterocycles. The highest BCUT2D eigenvalue weighted by Gasteiger charge is 2.16. The number of carbonyl (C=O) groups is 1. The van der Waals surface area contributed by atoms with Crippen LogP contribution in [0.15, 0.2) is 36.4 Å². The molecule has 0 atom stereocenters. The molecular weight excluding hydrogens is 343 g/mol. The number of benzene rings is 2. The Hall–Kier alpha value is -2.66. The summed E-state index contributed by atoms with van der Waals surface area (Å²) >= 11 is 6.09. The zero-order chi connectivity index (χ0) is 18.1. The Labute approximate surface area is 149 Å². The third kappa shape index (κ3) is 3.42. The lowest BCUT2D eigenvalue weighted by atomic mass is 10.1. The number of pyridine rings is 1. The predicted molar refractivity (Wildman–Crippen MR) is 97.1 cm³/mol. The van der Waals surface area contributed by atoms with Gasteiger partial charge in [0.1, 0.15) is 11.6 Å². The number of nitrogens with one attached hydrogen (secondary N) is 1. The van der Waals surface area contributed by atoms with Crippen LogP contribution in [0.1, 0.15) is 21.6 Å². The minimum Gasteiger partial charge on any atom is -0.495 e. The van der Waals surface area contributed by atoms with Gasteiger partial charge < -0.3 is 10.1 Å². The highest BCUT2D eigenvalue weighted by Crippen LogP contribution is 2.31. The second-order valence-corrected chi connectivity index (χ2v) is 6.14. The molecule has 0 radical (unpaired) electrons. The molecule has 0 saturated carbocycles. The van der Waals surface area contributed by atoms with Gasteiger partial charge >= 0.3 is 0 Å². The number of hydrogen-bond acceptors (Lipinski definition) is 3. The van der Waals surface area contributed by atoms with E-state index in [1.807, 2.05) is 6.92 Å². The molecule has 4 nitrogen and oxygen atoms in total. The van der Waals surface area contributed by atoms with Crippen LogP contribution in [0.25, 0.3) is 10.9 Å². The van der Waals surface area contributed by atoms with E-state index in [0.29, 0.717) is 38.6 Å². The maximum Gasteiger partial charge on any atom is 0.256 e. The van der Waals surface area contributed by atoms with Gasteiger partial charge in [-0.3, -0.25) is 9.78 Å². The average molecular weight is 359 g/mol. The van der Waals surface area contributed by atoms with Crippen molar-refractivity contribution in [2.24, 2.45) is 0 Å². The smallest absolute Gasteiger partial charge is 0.256 e.